The van der Waals surface area contributed by atoms with Gasteiger partial charge in [-0.1, -0.05) is 109 Å². The summed E-state index contributed by atoms with van der Waals surface area (Å²) in [5, 5.41) is 3.72. The number of nitrogens with one attached hydrogen (secondary N) is 1. The summed E-state index contributed by atoms with van der Waals surface area (Å²) in [5.41, 5.74) is 9.36. The van der Waals surface area contributed by atoms with Crippen LogP contribution in [-0.4, -0.2) is 0 Å². The number of hydrogen-bond acceptors (Lipinski definition) is 1. The van der Waals surface area contributed by atoms with Gasteiger partial charge in [0.2, 0.25) is 0 Å². The van der Waals surface area contributed by atoms with E-state index in [-0.39, 0.29) is 0 Å². The third kappa shape index (κ3) is 4.12. The van der Waals surface area contributed by atoms with Crippen molar-refractivity contribution in [3.63, 3.8) is 0 Å². The lowest BCUT2D eigenvalue weighted by Gasteiger charge is -2.20. The van der Waals surface area contributed by atoms with E-state index in [1.807, 2.05) is 6.07 Å². The fraction of sp³-hybridized carbons (Fsp3) is 0. The molecule has 0 unspecified atom stereocenters. The Morgan fingerprint density at radius 2 is 0.742 bits per heavy atom. The Morgan fingerprint density at radius 3 is 1.19 bits per heavy atom. The largest absolute Gasteiger partial charge is 0.355 e. The van der Waals surface area contributed by atoms with Crippen molar-refractivity contribution in [2.24, 2.45) is 0 Å². The van der Waals surface area contributed by atoms with E-state index >= 15 is 0 Å². The lowest BCUT2D eigenvalue weighted by atomic mass is 9.91. The number of benzene rings is 5. The minimum atomic E-state index is 1.07. The summed E-state index contributed by atoms with van der Waals surface area (Å²) in [6.45, 7) is 0. The molecule has 0 aliphatic rings. The molecular formula is C30H23N. The monoisotopic (exact) mass is 397 g/mol. The zero-order valence-corrected chi connectivity index (χ0v) is 17.2. The maximum Gasteiger partial charge on any atom is 0.0544 e. The second-order valence-corrected chi connectivity index (χ2v) is 7.54. The van der Waals surface area contributed by atoms with Crippen LogP contribution in [0.25, 0.3) is 33.4 Å². The summed E-state index contributed by atoms with van der Waals surface area (Å²) in [5.74, 6) is 0. The Morgan fingerprint density at radius 1 is 0.355 bits per heavy atom. The van der Waals surface area contributed by atoms with Crippen LogP contribution in [0.1, 0.15) is 0 Å². The summed E-state index contributed by atoms with van der Waals surface area (Å²) < 4.78 is 0. The Bertz CT molecular complexity index is 1200. The summed E-state index contributed by atoms with van der Waals surface area (Å²) in [6.07, 6.45) is 0. The minimum absolute atomic E-state index is 1.07. The molecule has 1 nitrogen and oxygen atoms in total. The Hall–Kier alpha value is -4.10. The van der Waals surface area contributed by atoms with Gasteiger partial charge in [-0.05, 0) is 46.5 Å². The molecule has 0 heterocycles. The topological polar surface area (TPSA) is 12.0 Å². The molecular weight excluding hydrogens is 374 g/mol. The third-order valence-electron chi connectivity index (χ3n) is 5.46. The number of anilines is 2. The SMILES string of the molecule is c1ccc(Nc2c(-c3ccccc3)cc(-c3ccccc3)cc2-c2ccccc2)cc1. The lowest BCUT2D eigenvalue weighted by Crippen LogP contribution is -1.98. The second kappa shape index (κ2) is 8.73. The molecule has 0 atom stereocenters. The van der Waals surface area contributed by atoms with Crippen molar-refractivity contribution in [3.05, 3.63) is 133 Å². The molecule has 0 radical (unpaired) electrons. The molecule has 0 fully saturated rings. The van der Waals surface area contributed by atoms with Gasteiger partial charge in [-0.15, -0.1) is 0 Å². The summed E-state index contributed by atoms with van der Waals surface area (Å²) in [7, 11) is 0. The minimum Gasteiger partial charge on any atom is -0.355 e. The Labute approximate surface area is 183 Å². The van der Waals surface area contributed by atoms with E-state index in [0.29, 0.717) is 0 Å². The first-order valence-corrected chi connectivity index (χ1v) is 10.5. The summed E-state index contributed by atoms with van der Waals surface area (Å²) in [6, 6.07) is 46.8. The summed E-state index contributed by atoms with van der Waals surface area (Å²) in [4.78, 5) is 0. The molecule has 0 saturated carbocycles. The van der Waals surface area contributed by atoms with Gasteiger partial charge in [0.05, 0.1) is 5.69 Å². The van der Waals surface area contributed by atoms with Gasteiger partial charge in [0.15, 0.2) is 0 Å². The highest BCUT2D eigenvalue weighted by Gasteiger charge is 2.15. The van der Waals surface area contributed by atoms with E-state index in [1.165, 1.54) is 33.4 Å². The van der Waals surface area contributed by atoms with Crippen LogP contribution in [-0.2, 0) is 0 Å². The van der Waals surface area contributed by atoms with Crippen molar-refractivity contribution in [1.82, 2.24) is 0 Å². The van der Waals surface area contributed by atoms with Gasteiger partial charge in [0.25, 0.3) is 0 Å². The molecule has 5 rings (SSSR count). The van der Waals surface area contributed by atoms with Gasteiger partial charge in [0.1, 0.15) is 0 Å². The zero-order chi connectivity index (χ0) is 20.9. The fourth-order valence-corrected chi connectivity index (χ4v) is 3.93. The molecule has 31 heavy (non-hydrogen) atoms. The van der Waals surface area contributed by atoms with Crippen molar-refractivity contribution in [2.45, 2.75) is 0 Å². The highest BCUT2D eigenvalue weighted by molar-refractivity contribution is 5.96. The highest BCUT2D eigenvalue weighted by Crippen LogP contribution is 2.42. The maximum absolute atomic E-state index is 3.72. The van der Waals surface area contributed by atoms with Crippen LogP contribution in [0, 0.1) is 0 Å². The standard InChI is InChI=1S/C30H23N/c1-5-13-23(14-6-1)26-21-28(24-15-7-2-8-16-24)30(31-27-19-11-4-12-20-27)29(22-26)25-17-9-3-10-18-25/h1-22,31H. The van der Waals surface area contributed by atoms with Crippen molar-refractivity contribution < 1.29 is 0 Å². The second-order valence-electron chi connectivity index (χ2n) is 7.54. The number of hydrogen-bond donors (Lipinski definition) is 1. The quantitative estimate of drug-likeness (QED) is 0.314. The van der Waals surface area contributed by atoms with Crippen molar-refractivity contribution in [3.8, 4) is 33.4 Å². The highest BCUT2D eigenvalue weighted by atomic mass is 14.9. The first-order valence-electron chi connectivity index (χ1n) is 10.5. The van der Waals surface area contributed by atoms with E-state index in [9.17, 15) is 0 Å². The molecule has 0 aliphatic carbocycles. The number of para-hydroxylation sites is 1. The molecule has 0 aliphatic heterocycles. The molecule has 5 aromatic rings. The molecule has 1 N–H and O–H groups in total. The molecule has 0 spiro atoms. The van der Waals surface area contributed by atoms with Crippen LogP contribution in [0.15, 0.2) is 133 Å². The van der Waals surface area contributed by atoms with Gasteiger partial charge >= 0.3 is 0 Å². The predicted molar refractivity (Wildman–Crippen MR) is 132 cm³/mol. The van der Waals surface area contributed by atoms with Crippen molar-refractivity contribution >= 4 is 11.4 Å². The smallest absolute Gasteiger partial charge is 0.0544 e. The van der Waals surface area contributed by atoms with E-state index in [1.54, 1.807) is 0 Å². The van der Waals surface area contributed by atoms with Crippen LogP contribution in [0.5, 0.6) is 0 Å². The normalized spacial score (nSPS) is 10.6. The van der Waals surface area contributed by atoms with Crippen LogP contribution in [0.3, 0.4) is 0 Å². The first-order chi connectivity index (χ1) is 15.4. The maximum atomic E-state index is 3.72. The van der Waals surface area contributed by atoms with Gasteiger partial charge < -0.3 is 5.32 Å². The van der Waals surface area contributed by atoms with E-state index in [0.717, 1.165) is 11.4 Å². The van der Waals surface area contributed by atoms with Gasteiger partial charge in [-0.2, -0.15) is 0 Å². The van der Waals surface area contributed by atoms with Gasteiger partial charge in [-0.25, -0.2) is 0 Å². The van der Waals surface area contributed by atoms with E-state index in [2.05, 4.69) is 133 Å². The molecule has 0 saturated heterocycles. The third-order valence-corrected chi connectivity index (χ3v) is 5.46. The molecule has 0 amide bonds. The Kier molecular flexibility index (Phi) is 5.32. The van der Waals surface area contributed by atoms with Crippen LogP contribution < -0.4 is 5.32 Å². The first kappa shape index (κ1) is 18.9. The average Bonchev–Trinajstić information content (AvgIpc) is 2.86. The van der Waals surface area contributed by atoms with Gasteiger partial charge in [0, 0.05) is 16.8 Å². The van der Waals surface area contributed by atoms with Crippen molar-refractivity contribution in [2.75, 3.05) is 5.32 Å². The zero-order valence-electron chi connectivity index (χ0n) is 17.2. The predicted octanol–water partition coefficient (Wildman–Crippen LogP) is 8.43. The van der Waals surface area contributed by atoms with Crippen LogP contribution in [0.2, 0.25) is 0 Å². The molecule has 0 bridgehead atoms. The molecule has 5 aromatic carbocycles. The lowest BCUT2D eigenvalue weighted by molar-refractivity contribution is 1.51. The molecule has 148 valence electrons. The molecule has 0 aromatic heterocycles. The fourth-order valence-electron chi connectivity index (χ4n) is 3.93. The van der Waals surface area contributed by atoms with E-state index in [4.69, 9.17) is 0 Å². The number of rotatable bonds is 5. The molecule has 1 heteroatoms. The van der Waals surface area contributed by atoms with Crippen LogP contribution >= 0.6 is 0 Å². The van der Waals surface area contributed by atoms with Crippen LogP contribution in [0.4, 0.5) is 11.4 Å². The van der Waals surface area contributed by atoms with Gasteiger partial charge in [-0.3, -0.25) is 0 Å². The summed E-state index contributed by atoms with van der Waals surface area (Å²) >= 11 is 0. The average molecular weight is 398 g/mol. The Balaban J connectivity index is 1.79. The van der Waals surface area contributed by atoms with E-state index < -0.39 is 0 Å². The van der Waals surface area contributed by atoms with Crippen molar-refractivity contribution in [1.29, 1.82) is 0 Å².